The van der Waals surface area contributed by atoms with Gasteiger partial charge in [-0.2, -0.15) is 11.8 Å². The molecule has 16 heavy (non-hydrogen) atoms. The Morgan fingerprint density at radius 2 is 2.56 bits per heavy atom. The maximum absolute atomic E-state index is 11.8. The maximum Gasteiger partial charge on any atom is 0.242 e. The molecule has 3 N–H and O–H groups in total. The van der Waals surface area contributed by atoms with Gasteiger partial charge in [-0.05, 0) is 30.0 Å². The first-order chi connectivity index (χ1) is 7.77. The van der Waals surface area contributed by atoms with Gasteiger partial charge in [0.15, 0.2) is 0 Å². The Hall–Kier alpha value is -0.520. The van der Waals surface area contributed by atoms with Crippen molar-refractivity contribution in [3.8, 4) is 0 Å². The molecule has 0 aromatic carbocycles. The second-order valence-corrected chi connectivity index (χ2v) is 6.26. The molecule has 0 aliphatic carbocycles. The predicted molar refractivity (Wildman–Crippen MR) is 69.7 cm³/mol. The summed E-state index contributed by atoms with van der Waals surface area (Å²) in [5, 5.41) is 5.46. The Bertz CT molecular complexity index is 334. The van der Waals surface area contributed by atoms with Gasteiger partial charge in [-0.15, -0.1) is 11.3 Å². The molecule has 3 nitrogen and oxygen atoms in total. The first kappa shape index (κ1) is 12.0. The number of thioether (sulfide) groups is 1. The van der Waals surface area contributed by atoms with Crippen LogP contribution in [-0.4, -0.2) is 23.5 Å². The van der Waals surface area contributed by atoms with Crippen molar-refractivity contribution in [1.82, 2.24) is 5.32 Å². The number of carbonyl (C=O) groups excluding carboxylic acids is 1. The molecule has 1 fully saturated rings. The van der Waals surface area contributed by atoms with Crippen LogP contribution in [0.25, 0.3) is 0 Å². The van der Waals surface area contributed by atoms with Crippen LogP contribution in [0.15, 0.2) is 17.5 Å². The molecule has 1 aromatic heterocycles. The van der Waals surface area contributed by atoms with Crippen LogP contribution in [0.1, 0.15) is 23.8 Å². The molecule has 0 bridgehead atoms. The van der Waals surface area contributed by atoms with E-state index in [1.165, 1.54) is 29.9 Å². The number of thiophene rings is 1. The van der Waals surface area contributed by atoms with Crippen LogP contribution in [0.5, 0.6) is 0 Å². The highest BCUT2D eigenvalue weighted by Crippen LogP contribution is 2.25. The third-order valence-corrected chi connectivity index (χ3v) is 5.01. The summed E-state index contributed by atoms with van der Waals surface area (Å²) in [5.41, 5.74) is 5.86. The van der Waals surface area contributed by atoms with E-state index in [1.54, 1.807) is 0 Å². The van der Waals surface area contributed by atoms with E-state index in [0.717, 1.165) is 11.4 Å². The average Bonchev–Trinajstić information content (AvgIpc) is 2.96. The highest BCUT2D eigenvalue weighted by molar-refractivity contribution is 8.00. The van der Waals surface area contributed by atoms with E-state index >= 15 is 0 Å². The van der Waals surface area contributed by atoms with Crippen molar-refractivity contribution >= 4 is 29.0 Å². The molecule has 1 aromatic rings. The molecule has 1 aliphatic heterocycles. The molecule has 2 unspecified atom stereocenters. The summed E-state index contributed by atoms with van der Waals surface area (Å²) < 4.78 is 0. The standard InChI is InChI=1S/C11H16N2OS2/c12-10(9-4-2-6-16-9)11(14)13-7-8-3-1-5-15-8/h2,4,6,8,10H,1,3,5,7,12H2,(H,13,14). The Labute approximate surface area is 104 Å². The summed E-state index contributed by atoms with van der Waals surface area (Å²) in [4.78, 5) is 12.7. The van der Waals surface area contributed by atoms with E-state index in [1.807, 2.05) is 29.3 Å². The highest BCUT2D eigenvalue weighted by atomic mass is 32.2. The Balaban J connectivity index is 1.79. The van der Waals surface area contributed by atoms with Gasteiger partial charge >= 0.3 is 0 Å². The minimum Gasteiger partial charge on any atom is -0.353 e. The molecule has 2 heterocycles. The molecule has 0 saturated carbocycles. The molecular weight excluding hydrogens is 240 g/mol. The largest absolute Gasteiger partial charge is 0.353 e. The minimum atomic E-state index is -0.508. The lowest BCUT2D eigenvalue weighted by Crippen LogP contribution is -2.36. The van der Waals surface area contributed by atoms with E-state index < -0.39 is 6.04 Å². The lowest BCUT2D eigenvalue weighted by molar-refractivity contribution is -0.122. The van der Waals surface area contributed by atoms with Gasteiger partial charge in [0.25, 0.3) is 0 Å². The quantitative estimate of drug-likeness (QED) is 0.863. The van der Waals surface area contributed by atoms with Crippen molar-refractivity contribution in [2.75, 3.05) is 12.3 Å². The summed E-state index contributed by atoms with van der Waals surface area (Å²) in [5.74, 6) is 1.16. The zero-order valence-corrected chi connectivity index (χ0v) is 10.7. The fourth-order valence-corrected chi connectivity index (χ4v) is 3.65. The molecule has 1 aliphatic rings. The van der Waals surface area contributed by atoms with E-state index in [9.17, 15) is 4.79 Å². The highest BCUT2D eigenvalue weighted by Gasteiger charge is 2.20. The van der Waals surface area contributed by atoms with Crippen LogP contribution < -0.4 is 11.1 Å². The summed E-state index contributed by atoms with van der Waals surface area (Å²) >= 11 is 3.47. The summed E-state index contributed by atoms with van der Waals surface area (Å²) in [7, 11) is 0. The van der Waals surface area contributed by atoms with Crippen molar-refractivity contribution < 1.29 is 4.79 Å². The van der Waals surface area contributed by atoms with Gasteiger partial charge in [-0.3, -0.25) is 4.79 Å². The fourth-order valence-electron chi connectivity index (χ4n) is 1.73. The van der Waals surface area contributed by atoms with Gasteiger partial charge in [0.2, 0.25) is 5.91 Å². The van der Waals surface area contributed by atoms with Crippen LogP contribution in [0.4, 0.5) is 0 Å². The Morgan fingerprint density at radius 1 is 1.69 bits per heavy atom. The van der Waals surface area contributed by atoms with Gasteiger partial charge in [0.1, 0.15) is 6.04 Å². The van der Waals surface area contributed by atoms with Gasteiger partial charge < -0.3 is 11.1 Å². The Kier molecular flexibility index (Phi) is 4.26. The third-order valence-electron chi connectivity index (χ3n) is 2.66. The lowest BCUT2D eigenvalue weighted by Gasteiger charge is -2.13. The number of carbonyl (C=O) groups is 1. The topological polar surface area (TPSA) is 55.1 Å². The van der Waals surface area contributed by atoms with Gasteiger partial charge in [0.05, 0.1) is 0 Å². The van der Waals surface area contributed by atoms with Crippen molar-refractivity contribution in [2.24, 2.45) is 5.73 Å². The zero-order chi connectivity index (χ0) is 11.4. The molecule has 5 heteroatoms. The number of hydrogen-bond acceptors (Lipinski definition) is 4. The number of nitrogens with two attached hydrogens (primary N) is 1. The molecule has 1 saturated heterocycles. The second kappa shape index (κ2) is 5.70. The average molecular weight is 256 g/mol. The van der Waals surface area contributed by atoms with E-state index in [0.29, 0.717) is 5.25 Å². The van der Waals surface area contributed by atoms with Crippen LogP contribution in [0.3, 0.4) is 0 Å². The lowest BCUT2D eigenvalue weighted by atomic mass is 10.2. The molecular formula is C11H16N2OS2. The molecule has 0 spiro atoms. The van der Waals surface area contributed by atoms with Crippen LogP contribution in [-0.2, 0) is 4.79 Å². The van der Waals surface area contributed by atoms with E-state index in [2.05, 4.69) is 5.32 Å². The molecule has 88 valence electrons. The van der Waals surface area contributed by atoms with Gasteiger partial charge in [-0.25, -0.2) is 0 Å². The smallest absolute Gasteiger partial charge is 0.242 e. The monoisotopic (exact) mass is 256 g/mol. The number of rotatable bonds is 4. The SMILES string of the molecule is NC(C(=O)NCC1CCCS1)c1cccs1. The first-order valence-electron chi connectivity index (χ1n) is 5.45. The zero-order valence-electron chi connectivity index (χ0n) is 9.02. The van der Waals surface area contributed by atoms with Crippen molar-refractivity contribution in [3.05, 3.63) is 22.4 Å². The summed E-state index contributed by atoms with van der Waals surface area (Å²) in [6, 6.07) is 3.31. The van der Waals surface area contributed by atoms with E-state index in [-0.39, 0.29) is 5.91 Å². The molecule has 0 radical (unpaired) electrons. The van der Waals surface area contributed by atoms with Crippen LogP contribution >= 0.6 is 23.1 Å². The normalized spacial score (nSPS) is 21.9. The summed E-state index contributed by atoms with van der Waals surface area (Å²) in [6.45, 7) is 0.753. The second-order valence-electron chi connectivity index (χ2n) is 3.87. The van der Waals surface area contributed by atoms with Crippen molar-refractivity contribution in [3.63, 3.8) is 0 Å². The van der Waals surface area contributed by atoms with Crippen molar-refractivity contribution in [1.29, 1.82) is 0 Å². The van der Waals surface area contributed by atoms with Crippen molar-refractivity contribution in [2.45, 2.75) is 24.1 Å². The molecule has 2 atom stereocenters. The van der Waals surface area contributed by atoms with Gasteiger partial charge in [-0.1, -0.05) is 6.07 Å². The fraction of sp³-hybridized carbons (Fsp3) is 0.545. The number of hydrogen-bond donors (Lipinski definition) is 2. The van der Waals surface area contributed by atoms with Crippen LogP contribution in [0, 0.1) is 0 Å². The number of nitrogens with one attached hydrogen (secondary N) is 1. The molecule has 2 rings (SSSR count). The third kappa shape index (κ3) is 2.99. The Morgan fingerprint density at radius 3 is 3.19 bits per heavy atom. The predicted octanol–water partition coefficient (Wildman–Crippen LogP) is 1.76. The summed E-state index contributed by atoms with van der Waals surface area (Å²) in [6.07, 6.45) is 2.47. The maximum atomic E-state index is 11.8. The van der Waals surface area contributed by atoms with E-state index in [4.69, 9.17) is 5.73 Å². The molecule has 1 amide bonds. The number of amides is 1. The first-order valence-corrected chi connectivity index (χ1v) is 7.38. The van der Waals surface area contributed by atoms with Gasteiger partial charge in [0, 0.05) is 16.7 Å². The minimum absolute atomic E-state index is 0.0602. The van der Waals surface area contributed by atoms with Crippen LogP contribution in [0.2, 0.25) is 0 Å².